The molecule has 1 aliphatic heterocycles. The highest BCUT2D eigenvalue weighted by Crippen LogP contribution is 2.36. The van der Waals surface area contributed by atoms with Crippen LogP contribution in [0.4, 0.5) is 0 Å². The third-order valence-corrected chi connectivity index (χ3v) is 4.33. The smallest absolute Gasteiger partial charge is 0.170 e. The molecule has 0 amide bonds. The van der Waals surface area contributed by atoms with Crippen molar-refractivity contribution in [3.63, 3.8) is 0 Å². The number of nitrogens with zero attached hydrogens (tertiary/aromatic N) is 1. The maximum Gasteiger partial charge on any atom is 0.170 e. The third kappa shape index (κ3) is 2.70. The Morgan fingerprint density at radius 3 is 2.78 bits per heavy atom. The van der Waals surface area contributed by atoms with Gasteiger partial charge in [-0.1, -0.05) is 36.4 Å². The van der Waals surface area contributed by atoms with Gasteiger partial charge in [-0.15, -0.1) is 0 Å². The summed E-state index contributed by atoms with van der Waals surface area (Å²) < 4.78 is 6.19. The van der Waals surface area contributed by atoms with Gasteiger partial charge in [-0.05, 0) is 36.4 Å². The number of ketones is 1. The first kappa shape index (κ1) is 13.9. The normalized spacial score (nSPS) is 16.9. The van der Waals surface area contributed by atoms with Crippen LogP contribution in [0.25, 0.3) is 10.8 Å². The zero-order valence-corrected chi connectivity index (χ0v) is 12.7. The van der Waals surface area contributed by atoms with Crippen molar-refractivity contribution in [2.45, 2.75) is 25.4 Å². The number of ether oxygens (including phenoxy) is 1. The van der Waals surface area contributed by atoms with Crippen molar-refractivity contribution in [1.29, 1.82) is 0 Å². The molecule has 0 spiro atoms. The summed E-state index contributed by atoms with van der Waals surface area (Å²) in [6.45, 7) is 0. The zero-order valence-electron chi connectivity index (χ0n) is 12.7. The Morgan fingerprint density at radius 1 is 1.04 bits per heavy atom. The number of carbonyl (C=O) groups excluding carboxylic acids is 1. The quantitative estimate of drug-likeness (QED) is 0.728. The molecule has 3 nitrogen and oxygen atoms in total. The molecule has 0 fully saturated rings. The lowest BCUT2D eigenvalue weighted by molar-refractivity contribution is 0.0843. The Kier molecular flexibility index (Phi) is 3.54. The van der Waals surface area contributed by atoms with Crippen molar-refractivity contribution < 1.29 is 9.53 Å². The van der Waals surface area contributed by atoms with Crippen molar-refractivity contribution in [3.05, 3.63) is 72.1 Å². The molecule has 1 atom stereocenters. The van der Waals surface area contributed by atoms with Gasteiger partial charge in [0.15, 0.2) is 5.78 Å². The maximum absolute atomic E-state index is 12.5. The highest BCUT2D eigenvalue weighted by atomic mass is 16.5. The Hall–Kier alpha value is -2.68. The van der Waals surface area contributed by atoms with Crippen LogP contribution in [0.15, 0.2) is 60.8 Å². The Balaban J connectivity index is 1.60. The first-order valence-corrected chi connectivity index (χ1v) is 7.93. The molecule has 114 valence electrons. The van der Waals surface area contributed by atoms with Crippen molar-refractivity contribution >= 4 is 16.6 Å². The van der Waals surface area contributed by atoms with Crippen molar-refractivity contribution in [2.75, 3.05) is 0 Å². The minimum Gasteiger partial charge on any atom is -0.489 e. The lowest BCUT2D eigenvalue weighted by atomic mass is 9.95. The van der Waals surface area contributed by atoms with Crippen LogP contribution < -0.4 is 4.74 Å². The number of pyridine rings is 1. The number of hydrogen-bond acceptors (Lipinski definition) is 3. The van der Waals surface area contributed by atoms with Gasteiger partial charge < -0.3 is 4.74 Å². The fourth-order valence-electron chi connectivity index (χ4n) is 3.13. The molecule has 3 heteroatoms. The molecule has 4 rings (SSSR count). The third-order valence-electron chi connectivity index (χ3n) is 4.33. The number of carbonyl (C=O) groups is 1. The minimum atomic E-state index is -0.0807. The Morgan fingerprint density at radius 2 is 1.91 bits per heavy atom. The van der Waals surface area contributed by atoms with Gasteiger partial charge in [-0.25, -0.2) is 0 Å². The molecule has 0 saturated heterocycles. The maximum atomic E-state index is 12.5. The van der Waals surface area contributed by atoms with Crippen molar-refractivity contribution in [1.82, 2.24) is 4.98 Å². The molecule has 0 radical (unpaired) electrons. The fourth-order valence-corrected chi connectivity index (χ4v) is 3.13. The highest BCUT2D eigenvalue weighted by Gasteiger charge is 2.27. The predicted molar refractivity (Wildman–Crippen MR) is 89.9 cm³/mol. The van der Waals surface area contributed by atoms with Crippen LogP contribution >= 0.6 is 0 Å². The molecule has 3 aromatic rings. The summed E-state index contributed by atoms with van der Waals surface area (Å²) in [5, 5.41) is 2.12. The van der Waals surface area contributed by atoms with Gasteiger partial charge in [-0.3, -0.25) is 9.78 Å². The standard InChI is InChI=1S/C20H17NO2/c22-19-13-16(10-9-15-6-3-4-12-21-15)23-20-17-7-2-1-5-14(17)8-11-18(19)20/h1-8,11-12,16H,9-10,13H2/t16-/m1/s1. The minimum absolute atomic E-state index is 0.0807. The lowest BCUT2D eigenvalue weighted by Crippen LogP contribution is -2.27. The average Bonchev–Trinajstić information content (AvgIpc) is 2.61. The summed E-state index contributed by atoms with van der Waals surface area (Å²) in [7, 11) is 0. The molecule has 0 bridgehead atoms. The topological polar surface area (TPSA) is 39.2 Å². The van der Waals surface area contributed by atoms with E-state index in [4.69, 9.17) is 4.74 Å². The zero-order chi connectivity index (χ0) is 15.6. The predicted octanol–water partition coefficient (Wildman–Crippen LogP) is 4.20. The van der Waals surface area contributed by atoms with E-state index >= 15 is 0 Å². The number of aromatic nitrogens is 1. The molecule has 23 heavy (non-hydrogen) atoms. The summed E-state index contributed by atoms with van der Waals surface area (Å²) in [4.78, 5) is 16.8. The number of hydrogen-bond donors (Lipinski definition) is 0. The summed E-state index contributed by atoms with van der Waals surface area (Å²) in [5.74, 6) is 0.911. The fraction of sp³-hybridized carbons (Fsp3) is 0.200. The number of rotatable bonds is 3. The second-order valence-corrected chi connectivity index (χ2v) is 5.89. The largest absolute Gasteiger partial charge is 0.489 e. The summed E-state index contributed by atoms with van der Waals surface area (Å²) in [6, 6.07) is 17.8. The van der Waals surface area contributed by atoms with E-state index in [9.17, 15) is 4.79 Å². The summed E-state index contributed by atoms with van der Waals surface area (Å²) >= 11 is 0. The second-order valence-electron chi connectivity index (χ2n) is 5.89. The first-order valence-electron chi connectivity index (χ1n) is 7.93. The molecular weight excluding hydrogens is 286 g/mol. The van der Waals surface area contributed by atoms with Crippen LogP contribution in [-0.2, 0) is 6.42 Å². The Bertz CT molecular complexity index is 858. The van der Waals surface area contributed by atoms with Crippen LogP contribution in [0.3, 0.4) is 0 Å². The molecule has 2 aromatic carbocycles. The van der Waals surface area contributed by atoms with E-state index in [0.29, 0.717) is 12.0 Å². The summed E-state index contributed by atoms with van der Waals surface area (Å²) in [6.07, 6.45) is 3.77. The van der Waals surface area contributed by atoms with Crippen LogP contribution in [0.1, 0.15) is 28.9 Å². The van der Waals surface area contributed by atoms with E-state index in [2.05, 4.69) is 4.98 Å². The molecule has 0 N–H and O–H groups in total. The van der Waals surface area contributed by atoms with Crippen molar-refractivity contribution in [2.24, 2.45) is 0 Å². The summed E-state index contributed by atoms with van der Waals surface area (Å²) in [5.41, 5.74) is 1.74. The SMILES string of the molecule is O=C1C[C@@H](CCc2ccccn2)Oc2c1ccc1ccccc21. The van der Waals surface area contributed by atoms with Crippen LogP contribution in [0.5, 0.6) is 5.75 Å². The van der Waals surface area contributed by atoms with E-state index in [0.717, 1.165) is 35.1 Å². The van der Waals surface area contributed by atoms with Crippen LogP contribution in [0, 0.1) is 0 Å². The number of Topliss-reactive ketones (excluding diaryl/α,β-unsaturated/α-hetero) is 1. The van der Waals surface area contributed by atoms with Crippen LogP contribution in [0.2, 0.25) is 0 Å². The average molecular weight is 303 g/mol. The lowest BCUT2D eigenvalue weighted by Gasteiger charge is -2.26. The van der Waals surface area contributed by atoms with E-state index in [-0.39, 0.29) is 11.9 Å². The molecule has 0 unspecified atom stereocenters. The van der Waals surface area contributed by atoms with Crippen LogP contribution in [-0.4, -0.2) is 16.9 Å². The highest BCUT2D eigenvalue weighted by molar-refractivity contribution is 6.06. The van der Waals surface area contributed by atoms with E-state index in [1.54, 1.807) is 6.20 Å². The number of aryl methyl sites for hydroxylation is 1. The molecule has 2 heterocycles. The second kappa shape index (κ2) is 5.84. The van der Waals surface area contributed by atoms with Gasteiger partial charge in [-0.2, -0.15) is 0 Å². The van der Waals surface area contributed by atoms with Gasteiger partial charge in [0.25, 0.3) is 0 Å². The monoisotopic (exact) mass is 303 g/mol. The van der Waals surface area contributed by atoms with Gasteiger partial charge in [0.05, 0.1) is 5.56 Å². The van der Waals surface area contributed by atoms with Gasteiger partial charge in [0, 0.05) is 23.7 Å². The van der Waals surface area contributed by atoms with Crippen molar-refractivity contribution in [3.8, 4) is 5.75 Å². The Labute approximate surface area is 134 Å². The molecule has 0 aliphatic carbocycles. The van der Waals surface area contributed by atoms with Gasteiger partial charge >= 0.3 is 0 Å². The van der Waals surface area contributed by atoms with Gasteiger partial charge in [0.2, 0.25) is 0 Å². The van der Waals surface area contributed by atoms with Gasteiger partial charge in [0.1, 0.15) is 11.9 Å². The molecule has 0 saturated carbocycles. The molecular formula is C20H17NO2. The molecule has 1 aromatic heterocycles. The van der Waals surface area contributed by atoms with E-state index in [1.807, 2.05) is 54.6 Å². The molecule has 1 aliphatic rings. The first-order chi connectivity index (χ1) is 11.3. The van der Waals surface area contributed by atoms with E-state index in [1.165, 1.54) is 0 Å². The number of benzene rings is 2. The number of fused-ring (bicyclic) bond motifs is 3. The van der Waals surface area contributed by atoms with E-state index < -0.39 is 0 Å².